The van der Waals surface area contributed by atoms with Gasteiger partial charge in [0.1, 0.15) is 6.61 Å². The summed E-state index contributed by atoms with van der Waals surface area (Å²) in [6, 6.07) is 0.329. The van der Waals surface area contributed by atoms with Gasteiger partial charge >= 0.3 is 0 Å². The molecule has 3 heteroatoms. The lowest BCUT2D eigenvalue weighted by molar-refractivity contribution is -0.127. The highest BCUT2D eigenvalue weighted by atomic mass is 16.5. The molecule has 0 aromatic heterocycles. The summed E-state index contributed by atoms with van der Waals surface area (Å²) in [7, 11) is 0. The summed E-state index contributed by atoms with van der Waals surface area (Å²) in [6.07, 6.45) is 4.48. The Morgan fingerprint density at radius 2 is 2.27 bits per heavy atom. The number of nitrogens with one attached hydrogen (secondary N) is 1. The van der Waals surface area contributed by atoms with Crippen LogP contribution in [0.1, 0.15) is 46.5 Å². The van der Waals surface area contributed by atoms with E-state index in [1.54, 1.807) is 0 Å². The van der Waals surface area contributed by atoms with E-state index in [0.29, 0.717) is 12.6 Å². The van der Waals surface area contributed by atoms with E-state index in [2.05, 4.69) is 19.2 Å². The van der Waals surface area contributed by atoms with Crippen LogP contribution in [0.3, 0.4) is 0 Å². The molecule has 1 atom stereocenters. The molecular formula is C12H23NO2. The quantitative estimate of drug-likeness (QED) is 0.710. The van der Waals surface area contributed by atoms with Gasteiger partial charge in [0.05, 0.1) is 0 Å². The van der Waals surface area contributed by atoms with Crippen LogP contribution in [0.15, 0.2) is 0 Å². The van der Waals surface area contributed by atoms with Crippen LogP contribution in [0.4, 0.5) is 0 Å². The first kappa shape index (κ1) is 12.5. The summed E-state index contributed by atoms with van der Waals surface area (Å²) in [5, 5.41) is 3.06. The van der Waals surface area contributed by atoms with Gasteiger partial charge in [-0.25, -0.2) is 0 Å². The minimum atomic E-state index is 0.0309. The Bertz CT molecular complexity index is 214. The topological polar surface area (TPSA) is 38.3 Å². The predicted molar refractivity (Wildman–Crippen MR) is 60.7 cm³/mol. The number of rotatable bonds is 5. The second-order valence-corrected chi connectivity index (χ2v) is 5.05. The minimum Gasteiger partial charge on any atom is -0.372 e. The van der Waals surface area contributed by atoms with Crippen molar-refractivity contribution in [1.29, 1.82) is 0 Å². The molecule has 1 unspecified atom stereocenters. The second kappa shape index (κ2) is 5.50. The van der Waals surface area contributed by atoms with Gasteiger partial charge < -0.3 is 10.1 Å². The lowest BCUT2D eigenvalue weighted by atomic mass is 9.87. The Labute approximate surface area is 92.6 Å². The standard InChI is InChI=1S/C12H23NO2/c1-4-8-15-9-11(14)13-10-6-5-7-12(10,2)3/h10H,4-9H2,1-3H3,(H,13,14). The summed E-state index contributed by atoms with van der Waals surface area (Å²) >= 11 is 0. The number of carbonyl (C=O) groups is 1. The van der Waals surface area contributed by atoms with Crippen molar-refractivity contribution in [3.8, 4) is 0 Å². The number of hydrogen-bond donors (Lipinski definition) is 1. The highest BCUT2D eigenvalue weighted by Gasteiger charge is 2.35. The smallest absolute Gasteiger partial charge is 0.246 e. The fourth-order valence-electron chi connectivity index (χ4n) is 2.14. The highest BCUT2D eigenvalue weighted by Crippen LogP contribution is 2.36. The largest absolute Gasteiger partial charge is 0.372 e. The van der Waals surface area contributed by atoms with Gasteiger partial charge in [0, 0.05) is 12.6 Å². The number of hydrogen-bond acceptors (Lipinski definition) is 2. The van der Waals surface area contributed by atoms with Crippen LogP contribution in [0.25, 0.3) is 0 Å². The summed E-state index contributed by atoms with van der Waals surface area (Å²) < 4.78 is 5.21. The fraction of sp³-hybridized carbons (Fsp3) is 0.917. The van der Waals surface area contributed by atoms with Crippen molar-refractivity contribution < 1.29 is 9.53 Å². The molecule has 0 aromatic rings. The molecule has 0 aromatic carbocycles. The molecule has 1 rings (SSSR count). The molecule has 0 spiro atoms. The normalized spacial score (nSPS) is 24.1. The molecule has 0 heterocycles. The monoisotopic (exact) mass is 213 g/mol. The molecule has 88 valence electrons. The lowest BCUT2D eigenvalue weighted by Gasteiger charge is -2.27. The molecule has 3 nitrogen and oxygen atoms in total. The maximum absolute atomic E-state index is 11.5. The van der Waals surface area contributed by atoms with E-state index in [-0.39, 0.29) is 17.9 Å². The Balaban J connectivity index is 2.25. The molecule has 1 aliphatic carbocycles. The third kappa shape index (κ3) is 3.82. The zero-order chi connectivity index (χ0) is 11.3. The number of carbonyl (C=O) groups excluding carboxylic acids is 1. The molecule has 0 radical (unpaired) electrons. The number of ether oxygens (including phenoxy) is 1. The summed E-state index contributed by atoms with van der Waals surface area (Å²) in [5.74, 6) is 0.0309. The van der Waals surface area contributed by atoms with E-state index in [9.17, 15) is 4.79 Å². The number of amides is 1. The predicted octanol–water partition coefficient (Wildman–Crippen LogP) is 2.11. The van der Waals surface area contributed by atoms with Gasteiger partial charge in [-0.05, 0) is 24.7 Å². The van der Waals surface area contributed by atoms with Gasteiger partial charge in [0.15, 0.2) is 0 Å². The Hall–Kier alpha value is -0.570. The Morgan fingerprint density at radius 3 is 2.80 bits per heavy atom. The molecule has 1 fully saturated rings. The molecule has 1 saturated carbocycles. The molecule has 0 aliphatic heterocycles. The zero-order valence-electron chi connectivity index (χ0n) is 10.1. The summed E-state index contributed by atoms with van der Waals surface area (Å²) in [4.78, 5) is 11.5. The van der Waals surface area contributed by atoms with Crippen molar-refractivity contribution in [2.24, 2.45) is 5.41 Å². The van der Waals surface area contributed by atoms with Gasteiger partial charge in [-0.3, -0.25) is 4.79 Å². The van der Waals surface area contributed by atoms with Crippen LogP contribution in [-0.4, -0.2) is 25.2 Å². The van der Waals surface area contributed by atoms with Gasteiger partial charge in [-0.15, -0.1) is 0 Å². The van der Waals surface area contributed by atoms with E-state index in [1.165, 1.54) is 12.8 Å². The van der Waals surface area contributed by atoms with Crippen LogP contribution >= 0.6 is 0 Å². The zero-order valence-corrected chi connectivity index (χ0v) is 10.1. The first-order valence-electron chi connectivity index (χ1n) is 5.93. The van der Waals surface area contributed by atoms with Crippen LogP contribution in [0.5, 0.6) is 0 Å². The maximum atomic E-state index is 11.5. The van der Waals surface area contributed by atoms with Crippen LogP contribution < -0.4 is 5.32 Å². The van der Waals surface area contributed by atoms with Crippen molar-refractivity contribution in [2.45, 2.75) is 52.5 Å². The molecular weight excluding hydrogens is 190 g/mol. The highest BCUT2D eigenvalue weighted by molar-refractivity contribution is 5.77. The summed E-state index contributed by atoms with van der Waals surface area (Å²) in [5.41, 5.74) is 0.250. The van der Waals surface area contributed by atoms with Crippen molar-refractivity contribution >= 4 is 5.91 Å². The van der Waals surface area contributed by atoms with Crippen molar-refractivity contribution in [2.75, 3.05) is 13.2 Å². The molecule has 0 bridgehead atoms. The minimum absolute atomic E-state index is 0.0309. The summed E-state index contributed by atoms with van der Waals surface area (Å²) in [6.45, 7) is 7.36. The van der Waals surface area contributed by atoms with Crippen molar-refractivity contribution in [1.82, 2.24) is 5.32 Å². The SMILES string of the molecule is CCCOCC(=O)NC1CCCC1(C)C. The van der Waals surface area contributed by atoms with Gasteiger partial charge in [0.2, 0.25) is 5.91 Å². The lowest BCUT2D eigenvalue weighted by Crippen LogP contribution is -2.43. The molecule has 1 amide bonds. The van der Waals surface area contributed by atoms with E-state index in [4.69, 9.17) is 4.74 Å². The maximum Gasteiger partial charge on any atom is 0.246 e. The average molecular weight is 213 g/mol. The van der Waals surface area contributed by atoms with Crippen LogP contribution in [0.2, 0.25) is 0 Å². The molecule has 15 heavy (non-hydrogen) atoms. The van der Waals surface area contributed by atoms with Crippen molar-refractivity contribution in [3.05, 3.63) is 0 Å². The molecule has 0 saturated heterocycles. The van der Waals surface area contributed by atoms with Crippen LogP contribution in [-0.2, 0) is 9.53 Å². The third-order valence-electron chi connectivity index (χ3n) is 3.17. The third-order valence-corrected chi connectivity index (χ3v) is 3.17. The van der Waals surface area contributed by atoms with Crippen LogP contribution in [0, 0.1) is 5.41 Å². The van der Waals surface area contributed by atoms with E-state index >= 15 is 0 Å². The first-order valence-corrected chi connectivity index (χ1v) is 5.93. The first-order chi connectivity index (χ1) is 7.06. The fourth-order valence-corrected chi connectivity index (χ4v) is 2.14. The van der Waals surface area contributed by atoms with Gasteiger partial charge in [0.25, 0.3) is 0 Å². The van der Waals surface area contributed by atoms with Gasteiger partial charge in [-0.1, -0.05) is 27.2 Å². The van der Waals surface area contributed by atoms with E-state index in [1.807, 2.05) is 6.92 Å². The second-order valence-electron chi connectivity index (χ2n) is 5.05. The van der Waals surface area contributed by atoms with E-state index < -0.39 is 0 Å². The van der Waals surface area contributed by atoms with Crippen molar-refractivity contribution in [3.63, 3.8) is 0 Å². The van der Waals surface area contributed by atoms with Gasteiger partial charge in [-0.2, -0.15) is 0 Å². The Kier molecular flexibility index (Phi) is 4.58. The molecule has 1 N–H and O–H groups in total. The molecule has 1 aliphatic rings. The van der Waals surface area contributed by atoms with E-state index in [0.717, 1.165) is 12.8 Å². The Morgan fingerprint density at radius 1 is 1.53 bits per heavy atom. The average Bonchev–Trinajstić information content (AvgIpc) is 2.46.